The van der Waals surface area contributed by atoms with Crippen molar-refractivity contribution in [3.63, 3.8) is 0 Å². The Balaban J connectivity index is 1.76. The average Bonchev–Trinajstić information content (AvgIpc) is 2.72. The number of ether oxygens (including phenoxy) is 2. The van der Waals surface area contributed by atoms with Crippen LogP contribution in [0, 0.1) is 0 Å². The molecule has 0 saturated heterocycles. The number of phenolic OH excluding ortho intramolecular Hbond substituents is 1. The Morgan fingerprint density at radius 1 is 0.929 bits per heavy atom. The van der Waals surface area contributed by atoms with Gasteiger partial charge in [-0.15, -0.1) is 0 Å². The smallest absolute Gasteiger partial charge is 0.282 e. The fourth-order valence-electron chi connectivity index (χ4n) is 3.24. The van der Waals surface area contributed by atoms with E-state index in [2.05, 4.69) is 5.10 Å². The van der Waals surface area contributed by atoms with Gasteiger partial charge in [0.15, 0.2) is 11.5 Å². The normalized spacial score (nSPS) is 13.4. The summed E-state index contributed by atoms with van der Waals surface area (Å²) in [6.07, 6.45) is 1.34. The zero-order chi connectivity index (χ0) is 19.8. The molecule has 0 aromatic heterocycles. The van der Waals surface area contributed by atoms with Gasteiger partial charge < -0.3 is 14.6 Å². The molecule has 0 aliphatic carbocycles. The molecule has 28 heavy (non-hydrogen) atoms. The van der Waals surface area contributed by atoms with Gasteiger partial charge in [0.1, 0.15) is 0 Å². The molecule has 0 spiro atoms. The zero-order valence-corrected chi connectivity index (χ0v) is 15.2. The molecule has 2 amide bonds. The molecule has 1 heterocycles. The minimum atomic E-state index is -0.497. The first-order valence-corrected chi connectivity index (χ1v) is 8.44. The maximum atomic E-state index is 12.8. The summed E-state index contributed by atoms with van der Waals surface area (Å²) in [4.78, 5) is 25.7. The van der Waals surface area contributed by atoms with E-state index in [1.165, 1.54) is 32.6 Å². The molecule has 7 nitrogen and oxygen atoms in total. The number of carbonyl (C=O) groups is 2. The second kappa shape index (κ2) is 6.70. The van der Waals surface area contributed by atoms with Crippen molar-refractivity contribution in [3.8, 4) is 17.2 Å². The van der Waals surface area contributed by atoms with Crippen LogP contribution in [-0.4, -0.2) is 42.4 Å². The molecule has 4 rings (SSSR count). The number of amides is 2. The highest BCUT2D eigenvalue weighted by atomic mass is 16.5. The average molecular weight is 376 g/mol. The van der Waals surface area contributed by atoms with E-state index < -0.39 is 11.8 Å². The second-order valence-electron chi connectivity index (χ2n) is 6.15. The number of aromatic hydroxyl groups is 1. The van der Waals surface area contributed by atoms with Crippen LogP contribution in [0.5, 0.6) is 17.2 Å². The molecule has 140 valence electrons. The van der Waals surface area contributed by atoms with Gasteiger partial charge in [-0.05, 0) is 29.7 Å². The summed E-state index contributed by atoms with van der Waals surface area (Å²) in [5, 5.41) is 16.4. The van der Waals surface area contributed by atoms with Crippen molar-refractivity contribution in [2.45, 2.75) is 0 Å². The van der Waals surface area contributed by atoms with Crippen molar-refractivity contribution in [2.24, 2.45) is 5.10 Å². The fraction of sp³-hybridized carbons (Fsp3) is 0.0952. The lowest BCUT2D eigenvalue weighted by Crippen LogP contribution is -2.36. The van der Waals surface area contributed by atoms with Gasteiger partial charge in [0.25, 0.3) is 11.8 Å². The van der Waals surface area contributed by atoms with E-state index >= 15 is 0 Å². The van der Waals surface area contributed by atoms with Gasteiger partial charge in [-0.3, -0.25) is 9.59 Å². The molecule has 1 aliphatic rings. The van der Waals surface area contributed by atoms with Crippen LogP contribution in [0.15, 0.2) is 53.6 Å². The Labute approximate surface area is 160 Å². The molecule has 0 unspecified atom stereocenters. The van der Waals surface area contributed by atoms with Crippen LogP contribution in [0.4, 0.5) is 0 Å². The highest BCUT2D eigenvalue weighted by Gasteiger charge is 2.32. The monoisotopic (exact) mass is 376 g/mol. The number of carbonyl (C=O) groups excluding carboxylic acids is 2. The van der Waals surface area contributed by atoms with Crippen LogP contribution in [0.1, 0.15) is 26.3 Å². The van der Waals surface area contributed by atoms with E-state index in [0.717, 1.165) is 10.4 Å². The van der Waals surface area contributed by atoms with Crippen LogP contribution < -0.4 is 9.47 Å². The van der Waals surface area contributed by atoms with Crippen molar-refractivity contribution < 1.29 is 24.2 Å². The predicted molar refractivity (Wildman–Crippen MR) is 103 cm³/mol. The SMILES string of the molecule is COc1cc(/C=N/N2C(=O)c3cccc4cccc(c34)C2=O)cc(OC)c1O. The van der Waals surface area contributed by atoms with E-state index in [9.17, 15) is 14.7 Å². The standard InChI is InChI=1S/C21H16N2O5/c1-27-16-9-12(10-17(28-2)19(16)24)11-22-23-20(25)14-7-3-5-13-6-4-8-15(18(13)14)21(23)26/h3-11,24H,1-2H3/b22-11+. The number of benzene rings is 3. The minimum Gasteiger partial charge on any atom is -0.502 e. The third kappa shape index (κ3) is 2.64. The number of hydrogen-bond acceptors (Lipinski definition) is 6. The van der Waals surface area contributed by atoms with Crippen LogP contribution in [0.3, 0.4) is 0 Å². The van der Waals surface area contributed by atoms with Crippen LogP contribution >= 0.6 is 0 Å². The Morgan fingerprint density at radius 3 is 1.96 bits per heavy atom. The number of nitrogens with zero attached hydrogens (tertiary/aromatic N) is 2. The summed E-state index contributed by atoms with van der Waals surface area (Å²) >= 11 is 0. The van der Waals surface area contributed by atoms with E-state index in [1.54, 1.807) is 24.3 Å². The number of phenols is 1. The highest BCUT2D eigenvalue weighted by molar-refractivity contribution is 6.25. The summed E-state index contributed by atoms with van der Waals surface area (Å²) in [6.45, 7) is 0. The van der Waals surface area contributed by atoms with E-state index in [4.69, 9.17) is 9.47 Å². The first kappa shape index (κ1) is 17.5. The molecule has 1 N–H and O–H groups in total. The molecule has 0 saturated carbocycles. The van der Waals surface area contributed by atoms with E-state index in [-0.39, 0.29) is 17.2 Å². The van der Waals surface area contributed by atoms with Gasteiger partial charge in [-0.2, -0.15) is 10.1 Å². The number of methoxy groups -OCH3 is 2. The Kier molecular flexibility index (Phi) is 4.19. The van der Waals surface area contributed by atoms with Gasteiger partial charge in [0.05, 0.1) is 31.6 Å². The molecule has 0 atom stereocenters. The van der Waals surface area contributed by atoms with E-state index in [0.29, 0.717) is 22.1 Å². The largest absolute Gasteiger partial charge is 0.502 e. The van der Waals surface area contributed by atoms with Crippen molar-refractivity contribution in [1.29, 1.82) is 0 Å². The maximum Gasteiger partial charge on any atom is 0.282 e. The van der Waals surface area contributed by atoms with Crippen LogP contribution in [0.2, 0.25) is 0 Å². The Morgan fingerprint density at radius 2 is 1.46 bits per heavy atom. The predicted octanol–water partition coefficient (Wildman–Crippen LogP) is 3.19. The lowest BCUT2D eigenvalue weighted by atomic mass is 9.95. The van der Waals surface area contributed by atoms with Crippen molar-refractivity contribution in [3.05, 3.63) is 65.2 Å². The highest BCUT2D eigenvalue weighted by Crippen LogP contribution is 2.37. The molecule has 1 aliphatic heterocycles. The lowest BCUT2D eigenvalue weighted by Gasteiger charge is -2.23. The van der Waals surface area contributed by atoms with Gasteiger partial charge >= 0.3 is 0 Å². The topological polar surface area (TPSA) is 88.4 Å². The van der Waals surface area contributed by atoms with Gasteiger partial charge in [-0.1, -0.05) is 24.3 Å². The summed E-state index contributed by atoms with van der Waals surface area (Å²) in [7, 11) is 2.81. The molecule has 7 heteroatoms. The lowest BCUT2D eigenvalue weighted by molar-refractivity contribution is 0.0616. The molecular formula is C21H16N2O5. The first-order valence-electron chi connectivity index (χ1n) is 8.44. The minimum absolute atomic E-state index is 0.145. The third-order valence-electron chi connectivity index (χ3n) is 4.57. The number of imide groups is 1. The molecule has 3 aromatic carbocycles. The maximum absolute atomic E-state index is 12.8. The zero-order valence-electron chi connectivity index (χ0n) is 15.2. The molecule has 0 bridgehead atoms. The quantitative estimate of drug-likeness (QED) is 0.558. The van der Waals surface area contributed by atoms with Gasteiger partial charge in [0.2, 0.25) is 5.75 Å². The van der Waals surface area contributed by atoms with Gasteiger partial charge in [0, 0.05) is 10.9 Å². The molecule has 0 fully saturated rings. The Hall–Kier alpha value is -3.87. The molecule has 0 radical (unpaired) electrons. The van der Waals surface area contributed by atoms with Crippen LogP contribution in [-0.2, 0) is 0 Å². The van der Waals surface area contributed by atoms with Crippen LogP contribution in [0.25, 0.3) is 10.8 Å². The van der Waals surface area contributed by atoms with Gasteiger partial charge in [-0.25, -0.2) is 0 Å². The summed E-state index contributed by atoms with van der Waals surface area (Å²) in [6, 6.07) is 13.7. The van der Waals surface area contributed by atoms with Crippen molar-refractivity contribution in [1.82, 2.24) is 5.01 Å². The summed E-state index contributed by atoms with van der Waals surface area (Å²) < 4.78 is 10.2. The summed E-state index contributed by atoms with van der Waals surface area (Å²) in [5.74, 6) is -0.765. The number of hydrogen-bond donors (Lipinski definition) is 1. The number of rotatable bonds is 4. The first-order chi connectivity index (χ1) is 13.5. The van der Waals surface area contributed by atoms with E-state index in [1.807, 2.05) is 12.1 Å². The third-order valence-corrected chi connectivity index (χ3v) is 4.57. The molecular weight excluding hydrogens is 360 g/mol. The number of hydrazone groups is 1. The Bertz CT molecular complexity index is 1080. The summed E-state index contributed by atoms with van der Waals surface area (Å²) in [5.41, 5.74) is 1.33. The van der Waals surface area contributed by atoms with Crippen molar-refractivity contribution >= 4 is 28.8 Å². The second-order valence-corrected chi connectivity index (χ2v) is 6.15. The fourth-order valence-corrected chi connectivity index (χ4v) is 3.24. The molecule has 3 aromatic rings. The van der Waals surface area contributed by atoms with Crippen molar-refractivity contribution in [2.75, 3.05) is 14.2 Å².